The summed E-state index contributed by atoms with van der Waals surface area (Å²) < 4.78 is 0. The minimum absolute atomic E-state index is 0.0400. The van der Waals surface area contributed by atoms with Crippen LogP contribution in [0.5, 0.6) is 0 Å². The van der Waals surface area contributed by atoms with Gasteiger partial charge in [0, 0.05) is 6.54 Å². The molecule has 0 aromatic carbocycles. The number of carbonyl (C=O) groups is 1. The number of amidine groups is 1. The molecule has 1 fully saturated rings. The lowest BCUT2D eigenvalue weighted by Crippen LogP contribution is -2.53. The maximum atomic E-state index is 12.7. The summed E-state index contributed by atoms with van der Waals surface area (Å²) in [5.74, 6) is -0.229. The fourth-order valence-corrected chi connectivity index (χ4v) is 2.50. The van der Waals surface area contributed by atoms with Crippen LogP contribution in [0.15, 0.2) is 5.16 Å². The zero-order valence-corrected chi connectivity index (χ0v) is 11.8. The molecule has 1 saturated heterocycles. The van der Waals surface area contributed by atoms with Crippen LogP contribution >= 0.6 is 0 Å². The first-order valence-corrected chi connectivity index (χ1v) is 6.91. The normalized spacial score (nSPS) is 24.7. The first-order chi connectivity index (χ1) is 9.01. The van der Waals surface area contributed by atoms with Crippen LogP contribution in [0.25, 0.3) is 0 Å². The van der Waals surface area contributed by atoms with Gasteiger partial charge in [-0.15, -0.1) is 0 Å². The van der Waals surface area contributed by atoms with Crippen molar-refractivity contribution in [3.63, 3.8) is 0 Å². The summed E-state index contributed by atoms with van der Waals surface area (Å²) in [4.78, 5) is 14.4. The highest BCUT2D eigenvalue weighted by atomic mass is 16.4. The second-order valence-corrected chi connectivity index (χ2v) is 5.36. The second-order valence-electron chi connectivity index (χ2n) is 5.36. The van der Waals surface area contributed by atoms with E-state index in [1.807, 2.05) is 6.92 Å². The van der Waals surface area contributed by atoms with Crippen LogP contribution in [0.3, 0.4) is 0 Å². The number of aliphatic hydroxyl groups is 1. The van der Waals surface area contributed by atoms with Crippen molar-refractivity contribution in [2.45, 2.75) is 52.0 Å². The molecule has 110 valence electrons. The van der Waals surface area contributed by atoms with E-state index in [0.29, 0.717) is 13.0 Å². The summed E-state index contributed by atoms with van der Waals surface area (Å²) in [6.07, 6.45) is 4.26. The molecule has 0 radical (unpaired) electrons. The number of rotatable bonds is 4. The molecule has 6 heteroatoms. The van der Waals surface area contributed by atoms with E-state index in [4.69, 9.17) is 10.9 Å². The molecule has 19 heavy (non-hydrogen) atoms. The van der Waals surface area contributed by atoms with Gasteiger partial charge in [0.2, 0.25) is 5.91 Å². The van der Waals surface area contributed by atoms with Crippen molar-refractivity contribution in [2.75, 3.05) is 13.2 Å². The monoisotopic (exact) mass is 271 g/mol. The molecular weight excluding hydrogens is 246 g/mol. The van der Waals surface area contributed by atoms with Gasteiger partial charge in [-0.25, -0.2) is 0 Å². The summed E-state index contributed by atoms with van der Waals surface area (Å²) in [5, 5.41) is 21.3. The average Bonchev–Trinajstić information content (AvgIpc) is 2.69. The number of aliphatic hydroxyl groups excluding tert-OH is 1. The summed E-state index contributed by atoms with van der Waals surface area (Å²) in [6, 6.07) is -0.160. The van der Waals surface area contributed by atoms with Crippen LogP contribution in [0, 0.1) is 5.41 Å². The molecule has 4 N–H and O–H groups in total. The summed E-state index contributed by atoms with van der Waals surface area (Å²) >= 11 is 0. The number of nitrogens with zero attached hydrogens (tertiary/aromatic N) is 2. The van der Waals surface area contributed by atoms with Crippen molar-refractivity contribution in [3.8, 4) is 0 Å². The lowest BCUT2D eigenvalue weighted by atomic mass is 9.84. The van der Waals surface area contributed by atoms with Crippen LogP contribution in [-0.2, 0) is 4.79 Å². The molecule has 0 spiro atoms. The SMILES string of the molecule is CCC(C)(C(=O)N1CCCCCC1CO)C(N)=NO. The Labute approximate surface area is 114 Å². The van der Waals surface area contributed by atoms with Gasteiger partial charge in [0.25, 0.3) is 0 Å². The van der Waals surface area contributed by atoms with E-state index in [1.54, 1.807) is 11.8 Å². The van der Waals surface area contributed by atoms with Crippen LogP contribution in [0.2, 0.25) is 0 Å². The predicted molar refractivity (Wildman–Crippen MR) is 72.9 cm³/mol. The standard InChI is InChI=1S/C13H25N3O3/c1-3-13(2,11(14)15-19)12(18)16-8-6-4-5-7-10(16)9-17/h10,17,19H,3-9H2,1-2H3,(H2,14,15). The molecule has 2 unspecified atom stereocenters. The van der Waals surface area contributed by atoms with Crippen LogP contribution in [0.4, 0.5) is 0 Å². The lowest BCUT2D eigenvalue weighted by Gasteiger charge is -2.36. The van der Waals surface area contributed by atoms with Crippen molar-refractivity contribution < 1.29 is 15.1 Å². The van der Waals surface area contributed by atoms with Gasteiger partial charge in [0.1, 0.15) is 5.41 Å². The fraction of sp³-hybridized carbons (Fsp3) is 0.846. The first kappa shape index (κ1) is 15.8. The van der Waals surface area contributed by atoms with Gasteiger partial charge >= 0.3 is 0 Å². The van der Waals surface area contributed by atoms with Crippen molar-refractivity contribution in [3.05, 3.63) is 0 Å². The molecule has 1 amide bonds. The minimum atomic E-state index is -1.01. The highest BCUT2D eigenvalue weighted by Gasteiger charge is 2.41. The van der Waals surface area contributed by atoms with Gasteiger partial charge in [-0.05, 0) is 26.2 Å². The van der Waals surface area contributed by atoms with Crippen molar-refractivity contribution >= 4 is 11.7 Å². The Hall–Kier alpha value is -1.30. The predicted octanol–water partition coefficient (Wildman–Crippen LogP) is 0.913. The summed E-state index contributed by atoms with van der Waals surface area (Å²) in [5.41, 5.74) is 4.68. The van der Waals surface area contributed by atoms with E-state index in [9.17, 15) is 9.90 Å². The minimum Gasteiger partial charge on any atom is -0.409 e. The summed E-state index contributed by atoms with van der Waals surface area (Å²) in [6.45, 7) is 4.10. The number of likely N-dealkylation sites (tertiary alicyclic amines) is 1. The van der Waals surface area contributed by atoms with Crippen molar-refractivity contribution in [1.29, 1.82) is 0 Å². The Morgan fingerprint density at radius 1 is 1.47 bits per heavy atom. The lowest BCUT2D eigenvalue weighted by molar-refractivity contribution is -0.141. The van der Waals surface area contributed by atoms with E-state index < -0.39 is 5.41 Å². The number of hydrogen-bond acceptors (Lipinski definition) is 4. The maximum absolute atomic E-state index is 12.7. The quantitative estimate of drug-likeness (QED) is 0.306. The molecule has 1 aliphatic rings. The largest absolute Gasteiger partial charge is 0.409 e. The average molecular weight is 271 g/mol. The van der Waals surface area contributed by atoms with E-state index in [1.165, 1.54) is 0 Å². The Balaban J connectivity index is 3.00. The topological polar surface area (TPSA) is 99.2 Å². The van der Waals surface area contributed by atoms with E-state index in [-0.39, 0.29) is 24.4 Å². The molecule has 0 bridgehead atoms. The molecule has 1 rings (SSSR count). The molecule has 1 aliphatic heterocycles. The van der Waals surface area contributed by atoms with Gasteiger partial charge in [0.05, 0.1) is 12.6 Å². The van der Waals surface area contributed by atoms with E-state index in [0.717, 1.165) is 25.7 Å². The number of oxime groups is 1. The number of amides is 1. The fourth-order valence-electron chi connectivity index (χ4n) is 2.50. The zero-order chi connectivity index (χ0) is 14.5. The van der Waals surface area contributed by atoms with E-state index in [2.05, 4.69) is 5.16 Å². The molecule has 0 aromatic heterocycles. The Bertz CT molecular complexity index is 346. The Morgan fingerprint density at radius 2 is 2.16 bits per heavy atom. The molecule has 2 atom stereocenters. The smallest absolute Gasteiger partial charge is 0.236 e. The highest BCUT2D eigenvalue weighted by molar-refractivity contribution is 6.06. The van der Waals surface area contributed by atoms with Crippen LogP contribution in [-0.4, -0.2) is 46.1 Å². The van der Waals surface area contributed by atoms with Gasteiger partial charge in [0.15, 0.2) is 5.84 Å². The first-order valence-electron chi connectivity index (χ1n) is 6.91. The Kier molecular flexibility index (Phi) is 5.60. The number of nitrogens with two attached hydrogens (primary N) is 1. The summed E-state index contributed by atoms with van der Waals surface area (Å²) in [7, 11) is 0. The maximum Gasteiger partial charge on any atom is 0.236 e. The molecular formula is C13H25N3O3. The zero-order valence-electron chi connectivity index (χ0n) is 11.8. The number of hydrogen-bond donors (Lipinski definition) is 3. The highest BCUT2D eigenvalue weighted by Crippen LogP contribution is 2.28. The molecule has 0 aromatic rings. The molecule has 6 nitrogen and oxygen atoms in total. The molecule has 0 aliphatic carbocycles. The molecule has 0 saturated carbocycles. The van der Waals surface area contributed by atoms with Crippen LogP contribution < -0.4 is 5.73 Å². The number of carbonyl (C=O) groups excluding carboxylic acids is 1. The van der Waals surface area contributed by atoms with Crippen molar-refractivity contribution in [1.82, 2.24) is 4.90 Å². The third kappa shape index (κ3) is 3.18. The van der Waals surface area contributed by atoms with Gasteiger partial charge in [-0.1, -0.05) is 24.9 Å². The molecule has 1 heterocycles. The van der Waals surface area contributed by atoms with E-state index >= 15 is 0 Å². The van der Waals surface area contributed by atoms with Gasteiger partial charge < -0.3 is 20.9 Å². The van der Waals surface area contributed by atoms with Crippen molar-refractivity contribution in [2.24, 2.45) is 16.3 Å². The Morgan fingerprint density at radius 3 is 2.68 bits per heavy atom. The third-order valence-electron chi connectivity index (χ3n) is 4.20. The van der Waals surface area contributed by atoms with Gasteiger partial charge in [-0.2, -0.15) is 0 Å². The van der Waals surface area contributed by atoms with Gasteiger partial charge in [-0.3, -0.25) is 4.79 Å². The second kappa shape index (κ2) is 6.75. The third-order valence-corrected chi connectivity index (χ3v) is 4.20. The van der Waals surface area contributed by atoms with Crippen LogP contribution in [0.1, 0.15) is 46.0 Å².